The Balaban J connectivity index is 2.40. The highest BCUT2D eigenvalue weighted by Gasteiger charge is 2.21. The Bertz CT molecular complexity index is 645. The van der Waals surface area contributed by atoms with Gasteiger partial charge in [-0.25, -0.2) is 4.39 Å². The molecule has 2 rings (SSSR count). The Morgan fingerprint density at radius 1 is 1.55 bits per heavy atom. The van der Waals surface area contributed by atoms with Crippen LogP contribution in [-0.4, -0.2) is 29.3 Å². The van der Waals surface area contributed by atoms with Gasteiger partial charge < -0.3 is 4.74 Å². The molecule has 106 valence electrons. The van der Waals surface area contributed by atoms with E-state index in [2.05, 4.69) is 21.0 Å². The molecule has 0 aliphatic rings. The standard InChI is InChI=1S/C13H11BrClFN2O2/c1-20-5-4-18-12(11(15)7-17-18)13(19)9-3-2-8(16)6-10(9)14/h2-3,6-7H,4-5H2,1H3. The highest BCUT2D eigenvalue weighted by atomic mass is 79.9. The first-order valence-corrected chi connectivity index (χ1v) is 6.91. The number of hydrogen-bond acceptors (Lipinski definition) is 3. The lowest BCUT2D eigenvalue weighted by atomic mass is 10.1. The molecular formula is C13H11BrClFN2O2. The third kappa shape index (κ3) is 3.08. The molecule has 2 aromatic rings. The zero-order valence-corrected chi connectivity index (χ0v) is 12.9. The number of benzene rings is 1. The summed E-state index contributed by atoms with van der Waals surface area (Å²) < 4.78 is 19.9. The number of hydrogen-bond donors (Lipinski definition) is 0. The molecule has 0 saturated carbocycles. The average molecular weight is 362 g/mol. The first kappa shape index (κ1) is 15.2. The third-order valence-electron chi connectivity index (χ3n) is 2.69. The van der Waals surface area contributed by atoms with Crippen LogP contribution >= 0.6 is 27.5 Å². The van der Waals surface area contributed by atoms with Crippen LogP contribution in [0.5, 0.6) is 0 Å². The van der Waals surface area contributed by atoms with Crippen LogP contribution in [0.1, 0.15) is 16.1 Å². The summed E-state index contributed by atoms with van der Waals surface area (Å²) in [7, 11) is 1.56. The molecule has 0 unspecified atom stereocenters. The molecule has 4 nitrogen and oxygen atoms in total. The zero-order valence-electron chi connectivity index (χ0n) is 10.6. The van der Waals surface area contributed by atoms with Crippen molar-refractivity contribution in [3.63, 3.8) is 0 Å². The molecule has 0 atom stereocenters. The van der Waals surface area contributed by atoms with Gasteiger partial charge in [0.05, 0.1) is 24.4 Å². The predicted molar refractivity (Wildman–Crippen MR) is 76.6 cm³/mol. The number of carbonyl (C=O) groups is 1. The highest BCUT2D eigenvalue weighted by molar-refractivity contribution is 9.10. The van der Waals surface area contributed by atoms with Crippen LogP contribution in [0.2, 0.25) is 5.02 Å². The number of nitrogens with zero attached hydrogens (tertiary/aromatic N) is 2. The van der Waals surface area contributed by atoms with Crippen LogP contribution in [0, 0.1) is 5.82 Å². The van der Waals surface area contributed by atoms with Crippen molar-refractivity contribution in [2.45, 2.75) is 6.54 Å². The molecule has 0 bridgehead atoms. The summed E-state index contributed by atoms with van der Waals surface area (Å²) >= 11 is 9.19. The van der Waals surface area contributed by atoms with E-state index in [1.54, 1.807) is 7.11 Å². The lowest BCUT2D eigenvalue weighted by molar-refractivity contribution is 0.102. The summed E-state index contributed by atoms with van der Waals surface area (Å²) in [5.74, 6) is -0.747. The monoisotopic (exact) mass is 360 g/mol. The molecule has 0 spiro atoms. The second-order valence-corrected chi connectivity index (χ2v) is 5.27. The summed E-state index contributed by atoms with van der Waals surface area (Å²) in [4.78, 5) is 12.5. The maximum absolute atomic E-state index is 13.1. The van der Waals surface area contributed by atoms with E-state index in [0.29, 0.717) is 23.2 Å². The molecule has 20 heavy (non-hydrogen) atoms. The van der Waals surface area contributed by atoms with Gasteiger partial charge in [0.25, 0.3) is 0 Å². The van der Waals surface area contributed by atoms with Crippen LogP contribution in [-0.2, 0) is 11.3 Å². The molecule has 1 aromatic heterocycles. The third-order valence-corrected chi connectivity index (χ3v) is 3.63. The molecule has 1 heterocycles. The SMILES string of the molecule is COCCn1ncc(Cl)c1C(=O)c1ccc(F)cc1Br. The van der Waals surface area contributed by atoms with E-state index in [9.17, 15) is 9.18 Å². The van der Waals surface area contributed by atoms with Gasteiger partial charge in [0.2, 0.25) is 5.78 Å². The molecule has 0 fully saturated rings. The number of ether oxygens (including phenoxy) is 1. The van der Waals surface area contributed by atoms with E-state index in [1.165, 1.54) is 29.1 Å². The van der Waals surface area contributed by atoms with E-state index in [0.717, 1.165) is 0 Å². The van der Waals surface area contributed by atoms with Crippen molar-refractivity contribution in [2.24, 2.45) is 0 Å². The van der Waals surface area contributed by atoms with Gasteiger partial charge in [-0.3, -0.25) is 9.48 Å². The molecule has 0 aliphatic heterocycles. The minimum atomic E-state index is -0.424. The van der Waals surface area contributed by atoms with Crippen molar-refractivity contribution in [3.05, 3.63) is 51.0 Å². The molecule has 0 amide bonds. The Morgan fingerprint density at radius 2 is 2.30 bits per heavy atom. The van der Waals surface area contributed by atoms with E-state index in [4.69, 9.17) is 16.3 Å². The first-order chi connectivity index (χ1) is 9.54. The minimum absolute atomic E-state index is 0.252. The van der Waals surface area contributed by atoms with Crippen molar-refractivity contribution in [1.29, 1.82) is 0 Å². The summed E-state index contributed by atoms with van der Waals surface area (Å²) in [6.45, 7) is 0.811. The van der Waals surface area contributed by atoms with Crippen molar-refractivity contribution < 1.29 is 13.9 Å². The Morgan fingerprint density at radius 3 is 2.95 bits per heavy atom. The number of ketones is 1. The summed E-state index contributed by atoms with van der Waals surface area (Å²) in [6, 6.07) is 3.87. The maximum atomic E-state index is 13.1. The normalized spacial score (nSPS) is 10.8. The van der Waals surface area contributed by atoms with Gasteiger partial charge in [-0.15, -0.1) is 0 Å². The van der Waals surface area contributed by atoms with Crippen molar-refractivity contribution in [2.75, 3.05) is 13.7 Å². The Hall–Kier alpha value is -1.24. The molecular weight excluding hydrogens is 351 g/mol. The molecule has 0 radical (unpaired) electrons. The number of halogens is 3. The van der Waals surface area contributed by atoms with Crippen molar-refractivity contribution in [1.82, 2.24) is 9.78 Å². The number of aromatic nitrogens is 2. The van der Waals surface area contributed by atoms with Gasteiger partial charge in [0.15, 0.2) is 0 Å². The maximum Gasteiger partial charge on any atom is 0.213 e. The lowest BCUT2D eigenvalue weighted by Crippen LogP contribution is -2.15. The van der Waals surface area contributed by atoms with E-state index in [-0.39, 0.29) is 16.5 Å². The van der Waals surface area contributed by atoms with Crippen LogP contribution in [0.3, 0.4) is 0 Å². The highest BCUT2D eigenvalue weighted by Crippen LogP contribution is 2.24. The average Bonchev–Trinajstić information content (AvgIpc) is 2.77. The molecule has 7 heteroatoms. The van der Waals surface area contributed by atoms with Gasteiger partial charge in [-0.05, 0) is 34.1 Å². The van der Waals surface area contributed by atoms with Gasteiger partial charge in [0, 0.05) is 17.1 Å². The van der Waals surface area contributed by atoms with Gasteiger partial charge >= 0.3 is 0 Å². The van der Waals surface area contributed by atoms with E-state index in [1.807, 2.05) is 0 Å². The van der Waals surface area contributed by atoms with Crippen LogP contribution in [0.15, 0.2) is 28.9 Å². The summed E-state index contributed by atoms with van der Waals surface area (Å²) in [5, 5.41) is 4.29. The number of methoxy groups -OCH3 is 1. The fourth-order valence-electron chi connectivity index (χ4n) is 1.74. The molecule has 0 saturated heterocycles. The van der Waals surface area contributed by atoms with E-state index >= 15 is 0 Å². The topological polar surface area (TPSA) is 44.1 Å². The minimum Gasteiger partial charge on any atom is -0.383 e. The first-order valence-electron chi connectivity index (χ1n) is 5.74. The second kappa shape index (κ2) is 6.47. The molecule has 0 aliphatic carbocycles. The fraction of sp³-hybridized carbons (Fsp3) is 0.231. The Labute approximate surface area is 128 Å². The molecule has 1 aromatic carbocycles. The van der Waals surface area contributed by atoms with Crippen LogP contribution in [0.4, 0.5) is 4.39 Å². The van der Waals surface area contributed by atoms with Crippen molar-refractivity contribution >= 4 is 33.3 Å². The van der Waals surface area contributed by atoms with Gasteiger partial charge in [0.1, 0.15) is 11.5 Å². The fourth-order valence-corrected chi connectivity index (χ4v) is 2.49. The number of rotatable bonds is 5. The summed E-state index contributed by atoms with van der Waals surface area (Å²) in [5.41, 5.74) is 0.587. The van der Waals surface area contributed by atoms with Gasteiger partial charge in [-0.2, -0.15) is 5.10 Å². The zero-order chi connectivity index (χ0) is 14.7. The van der Waals surface area contributed by atoms with Gasteiger partial charge in [-0.1, -0.05) is 11.6 Å². The van der Waals surface area contributed by atoms with E-state index < -0.39 is 5.82 Å². The van der Waals surface area contributed by atoms with Crippen molar-refractivity contribution in [3.8, 4) is 0 Å². The van der Waals surface area contributed by atoms with Crippen LogP contribution in [0.25, 0.3) is 0 Å². The largest absolute Gasteiger partial charge is 0.383 e. The molecule has 0 N–H and O–H groups in total. The van der Waals surface area contributed by atoms with Crippen LogP contribution < -0.4 is 0 Å². The number of carbonyl (C=O) groups excluding carboxylic acids is 1. The predicted octanol–water partition coefficient (Wildman–Crippen LogP) is 3.32. The second-order valence-electron chi connectivity index (χ2n) is 4.01. The lowest BCUT2D eigenvalue weighted by Gasteiger charge is -2.08. The Kier molecular flexibility index (Phi) is 4.91. The quantitative estimate of drug-likeness (QED) is 0.768. The smallest absolute Gasteiger partial charge is 0.213 e. The summed E-state index contributed by atoms with van der Waals surface area (Å²) in [6.07, 6.45) is 1.40.